The largest absolute Gasteiger partial charge is 0.455 e. The van der Waals surface area contributed by atoms with Gasteiger partial charge in [0.25, 0.3) is 0 Å². The van der Waals surface area contributed by atoms with Gasteiger partial charge >= 0.3 is 7.60 Å². The zero-order chi connectivity index (χ0) is 26.3. The van der Waals surface area contributed by atoms with Gasteiger partial charge < -0.3 is 18.0 Å². The molecule has 4 aromatic carbocycles. The number of hydrogen-bond acceptors (Lipinski definition) is 5. The Hall–Kier alpha value is -4.14. The third-order valence-electron chi connectivity index (χ3n) is 6.64. The second-order valence-corrected chi connectivity index (χ2v) is 10.8. The van der Waals surface area contributed by atoms with Gasteiger partial charge in [0.2, 0.25) is 0 Å². The maximum absolute atomic E-state index is 13.1. The van der Waals surface area contributed by atoms with Crippen molar-refractivity contribution < 1.29 is 18.0 Å². The molecule has 0 amide bonds. The first-order chi connectivity index (χ1) is 18.6. The van der Waals surface area contributed by atoms with Gasteiger partial charge in [-0.25, -0.2) is 0 Å². The van der Waals surface area contributed by atoms with Crippen molar-refractivity contribution in [3.05, 3.63) is 95.8 Å². The molecule has 6 rings (SSSR count). The summed E-state index contributed by atoms with van der Waals surface area (Å²) in [5, 5.41) is 14.0. The SMILES string of the molecule is CCOP(=O)(OCC)C(C#N)=Cc1ccc(-n2c3ccccc3c3c4oc5ccccc5c4ccc32)cc1. The molecule has 0 aliphatic carbocycles. The summed E-state index contributed by atoms with van der Waals surface area (Å²) < 4.78 is 32.4. The Morgan fingerprint density at radius 3 is 2.26 bits per heavy atom. The predicted octanol–water partition coefficient (Wildman–Crippen LogP) is 8.81. The van der Waals surface area contributed by atoms with Crippen LogP contribution in [-0.2, 0) is 13.6 Å². The van der Waals surface area contributed by atoms with Crippen molar-refractivity contribution in [3.63, 3.8) is 0 Å². The van der Waals surface area contributed by atoms with Gasteiger partial charge in [0, 0.05) is 21.8 Å². The number of allylic oxidation sites excluding steroid dienone is 1. The van der Waals surface area contributed by atoms with E-state index in [4.69, 9.17) is 13.5 Å². The second-order valence-electron chi connectivity index (χ2n) is 8.85. The van der Waals surface area contributed by atoms with Crippen LogP contribution >= 0.6 is 7.60 Å². The van der Waals surface area contributed by atoms with Crippen molar-refractivity contribution in [3.8, 4) is 11.8 Å². The second kappa shape index (κ2) is 9.63. The van der Waals surface area contributed by atoms with Crippen molar-refractivity contribution in [2.24, 2.45) is 0 Å². The van der Waals surface area contributed by atoms with Gasteiger partial charge in [-0.15, -0.1) is 0 Å². The number of para-hydroxylation sites is 2. The summed E-state index contributed by atoms with van der Waals surface area (Å²) in [6.45, 7) is 3.81. The standard InChI is InChI=1S/C31H25N2O4P/c1-3-35-38(34,36-4-2)23(20-32)19-21-13-15-22(16-14-21)33-27-11-7-5-10-26(27)30-28(33)18-17-25-24-9-6-8-12-29(24)37-31(25)30/h5-19H,3-4H2,1-2H3. The van der Waals surface area contributed by atoms with E-state index in [1.165, 1.54) is 0 Å². The van der Waals surface area contributed by atoms with E-state index in [1.807, 2.05) is 60.7 Å². The lowest BCUT2D eigenvalue weighted by molar-refractivity contribution is 0.227. The van der Waals surface area contributed by atoms with Gasteiger partial charge in [0.15, 0.2) is 0 Å². The van der Waals surface area contributed by atoms with E-state index in [-0.39, 0.29) is 18.5 Å². The molecule has 0 bridgehead atoms. The molecule has 0 radical (unpaired) electrons. The number of furan rings is 1. The number of nitrogens with zero attached hydrogens (tertiary/aromatic N) is 2. The molecule has 0 aliphatic heterocycles. The Morgan fingerprint density at radius 2 is 1.55 bits per heavy atom. The lowest BCUT2D eigenvalue weighted by atomic mass is 10.1. The van der Waals surface area contributed by atoms with Crippen molar-refractivity contribution in [2.75, 3.05) is 13.2 Å². The highest BCUT2D eigenvalue weighted by Crippen LogP contribution is 2.56. The monoisotopic (exact) mass is 520 g/mol. The number of benzene rings is 4. The first-order valence-corrected chi connectivity index (χ1v) is 14.1. The Bertz CT molecular complexity index is 1930. The molecule has 0 spiro atoms. The van der Waals surface area contributed by atoms with Gasteiger partial charge in [-0.2, -0.15) is 5.26 Å². The molecule has 6 aromatic rings. The van der Waals surface area contributed by atoms with E-state index in [2.05, 4.69) is 34.9 Å². The zero-order valence-electron chi connectivity index (χ0n) is 21.0. The summed E-state index contributed by atoms with van der Waals surface area (Å²) in [6.07, 6.45) is 1.57. The minimum Gasteiger partial charge on any atom is -0.455 e. The summed E-state index contributed by atoms with van der Waals surface area (Å²) in [7, 11) is -3.67. The van der Waals surface area contributed by atoms with Crippen LogP contribution in [0.15, 0.2) is 94.7 Å². The average Bonchev–Trinajstić information content (AvgIpc) is 3.48. The van der Waals surface area contributed by atoms with Crippen molar-refractivity contribution in [1.29, 1.82) is 5.26 Å². The Kier molecular flexibility index (Phi) is 6.13. The first-order valence-electron chi connectivity index (χ1n) is 12.5. The third kappa shape index (κ3) is 3.84. The topological polar surface area (TPSA) is 77.4 Å². The zero-order valence-corrected chi connectivity index (χ0v) is 21.9. The highest BCUT2D eigenvalue weighted by atomic mass is 31.2. The van der Waals surface area contributed by atoms with Crippen molar-refractivity contribution in [2.45, 2.75) is 13.8 Å². The van der Waals surface area contributed by atoms with Crippen LogP contribution < -0.4 is 0 Å². The van der Waals surface area contributed by atoms with Crippen LogP contribution in [0.4, 0.5) is 0 Å². The molecule has 6 nitrogen and oxygen atoms in total. The molecule has 0 atom stereocenters. The molecule has 0 aliphatic rings. The van der Waals surface area contributed by atoms with Crippen LogP contribution in [0.1, 0.15) is 19.4 Å². The molecule has 38 heavy (non-hydrogen) atoms. The lowest BCUT2D eigenvalue weighted by Crippen LogP contribution is -1.98. The Labute approximate surface area is 219 Å². The Morgan fingerprint density at radius 1 is 0.868 bits per heavy atom. The van der Waals surface area contributed by atoms with Gasteiger partial charge in [0.05, 0.1) is 29.6 Å². The van der Waals surface area contributed by atoms with Crippen LogP contribution in [0.5, 0.6) is 0 Å². The van der Waals surface area contributed by atoms with Gasteiger partial charge in [-0.3, -0.25) is 4.57 Å². The molecular formula is C31H25N2O4P. The maximum atomic E-state index is 13.1. The van der Waals surface area contributed by atoms with Crippen LogP contribution in [0.2, 0.25) is 0 Å². The van der Waals surface area contributed by atoms with Crippen molar-refractivity contribution in [1.82, 2.24) is 4.57 Å². The molecule has 7 heteroatoms. The van der Waals surface area contributed by atoms with E-state index in [0.29, 0.717) is 0 Å². The van der Waals surface area contributed by atoms with Gasteiger partial charge in [0.1, 0.15) is 22.5 Å². The Balaban J connectivity index is 1.51. The molecule has 2 aromatic heterocycles. The van der Waals surface area contributed by atoms with Crippen LogP contribution in [0, 0.1) is 11.3 Å². The summed E-state index contributed by atoms with van der Waals surface area (Å²) in [5.74, 6) is 0. The molecule has 0 N–H and O–H groups in total. The van der Waals surface area contributed by atoms with Gasteiger partial charge in [-0.1, -0.05) is 48.5 Å². The van der Waals surface area contributed by atoms with E-state index < -0.39 is 7.60 Å². The third-order valence-corrected chi connectivity index (χ3v) is 8.66. The summed E-state index contributed by atoms with van der Waals surface area (Å²) in [4.78, 5) is 0. The molecular weight excluding hydrogens is 495 g/mol. The normalized spacial score (nSPS) is 12.6. The lowest BCUT2D eigenvalue weighted by Gasteiger charge is -2.15. The number of rotatable bonds is 7. The summed E-state index contributed by atoms with van der Waals surface area (Å²) in [6, 6.07) is 30.4. The van der Waals surface area contributed by atoms with E-state index in [9.17, 15) is 9.83 Å². The van der Waals surface area contributed by atoms with Crippen LogP contribution in [0.25, 0.3) is 55.5 Å². The minimum atomic E-state index is -3.67. The molecule has 188 valence electrons. The van der Waals surface area contributed by atoms with E-state index in [0.717, 1.165) is 55.0 Å². The minimum absolute atomic E-state index is 0.0157. The number of nitriles is 1. The number of fused-ring (bicyclic) bond motifs is 7. The van der Waals surface area contributed by atoms with Crippen LogP contribution in [-0.4, -0.2) is 17.8 Å². The van der Waals surface area contributed by atoms with Crippen molar-refractivity contribution >= 4 is 57.4 Å². The summed E-state index contributed by atoms with van der Waals surface area (Å²) in [5.41, 5.74) is 5.53. The number of aromatic nitrogens is 1. The summed E-state index contributed by atoms with van der Waals surface area (Å²) >= 11 is 0. The molecule has 0 fully saturated rings. The average molecular weight is 521 g/mol. The molecule has 0 unspecified atom stereocenters. The molecule has 2 heterocycles. The van der Waals surface area contributed by atoms with E-state index >= 15 is 0 Å². The quantitative estimate of drug-likeness (QED) is 0.155. The first kappa shape index (κ1) is 24.2. The van der Waals surface area contributed by atoms with Crippen LogP contribution in [0.3, 0.4) is 0 Å². The molecule has 0 saturated heterocycles. The highest BCUT2D eigenvalue weighted by molar-refractivity contribution is 7.59. The van der Waals surface area contributed by atoms with E-state index in [1.54, 1.807) is 19.9 Å². The fourth-order valence-corrected chi connectivity index (χ4v) is 6.54. The maximum Gasteiger partial charge on any atom is 0.371 e. The predicted molar refractivity (Wildman–Crippen MR) is 153 cm³/mol. The number of hydrogen-bond donors (Lipinski definition) is 0. The highest BCUT2D eigenvalue weighted by Gasteiger charge is 2.30. The smallest absolute Gasteiger partial charge is 0.371 e. The molecule has 0 saturated carbocycles. The van der Waals surface area contributed by atoms with Gasteiger partial charge in [-0.05, 0) is 61.9 Å². The fourth-order valence-electron chi connectivity index (χ4n) is 5.08. The fraction of sp³-hybridized carbons (Fsp3) is 0.129.